The van der Waals surface area contributed by atoms with Gasteiger partial charge in [0, 0.05) is 18.6 Å². The number of nitrogens with zero attached hydrogens (tertiary/aromatic N) is 1. The maximum absolute atomic E-state index is 11.9. The zero-order valence-electron chi connectivity index (χ0n) is 9.74. The molecule has 0 aromatic carbocycles. The van der Waals surface area contributed by atoms with Crippen LogP contribution in [0.2, 0.25) is 0 Å². The molecule has 0 aromatic heterocycles. The van der Waals surface area contributed by atoms with Crippen LogP contribution in [0.1, 0.15) is 38.5 Å². The quantitative estimate of drug-likeness (QED) is 0.721. The number of nitrogens with one attached hydrogen (secondary N) is 1. The van der Waals surface area contributed by atoms with E-state index in [-0.39, 0.29) is 12.3 Å². The molecule has 0 aromatic rings. The second-order valence-electron chi connectivity index (χ2n) is 4.81. The van der Waals surface area contributed by atoms with E-state index in [1.807, 2.05) is 4.90 Å². The van der Waals surface area contributed by atoms with E-state index in [0.717, 1.165) is 25.9 Å². The van der Waals surface area contributed by atoms with Crippen molar-refractivity contribution in [2.24, 2.45) is 0 Å². The van der Waals surface area contributed by atoms with Crippen molar-refractivity contribution in [3.63, 3.8) is 0 Å². The van der Waals surface area contributed by atoms with Gasteiger partial charge in [-0.15, -0.1) is 6.42 Å². The molecule has 2 aliphatic rings. The maximum Gasteiger partial charge on any atom is 0.234 e. The molecular formula is C13H20N2O. The average Bonchev–Trinajstić information content (AvgIpc) is 3.11. The molecular weight excluding hydrogens is 200 g/mol. The van der Waals surface area contributed by atoms with E-state index in [9.17, 15) is 4.79 Å². The standard InChI is InChI=1S/C13H20N2O/c1-2-5-13(16)15(12-7-8-12)10-11-6-3-4-9-14-11/h1,11-12,14H,3-10H2. The van der Waals surface area contributed by atoms with Gasteiger partial charge >= 0.3 is 0 Å². The predicted molar refractivity (Wildman–Crippen MR) is 63.8 cm³/mol. The van der Waals surface area contributed by atoms with Gasteiger partial charge in [0.2, 0.25) is 5.91 Å². The molecule has 88 valence electrons. The topological polar surface area (TPSA) is 32.3 Å². The highest BCUT2D eigenvalue weighted by Gasteiger charge is 2.33. The summed E-state index contributed by atoms with van der Waals surface area (Å²) >= 11 is 0. The van der Waals surface area contributed by atoms with Crippen LogP contribution in [-0.4, -0.2) is 36.0 Å². The minimum Gasteiger partial charge on any atom is -0.337 e. The molecule has 0 spiro atoms. The van der Waals surface area contributed by atoms with E-state index in [1.165, 1.54) is 19.3 Å². The summed E-state index contributed by atoms with van der Waals surface area (Å²) in [6, 6.07) is 0.959. The molecule has 1 unspecified atom stereocenters. The van der Waals surface area contributed by atoms with E-state index in [2.05, 4.69) is 11.2 Å². The molecule has 2 rings (SSSR count). The summed E-state index contributed by atoms with van der Waals surface area (Å²) in [5.41, 5.74) is 0. The van der Waals surface area contributed by atoms with Gasteiger partial charge in [-0.25, -0.2) is 0 Å². The summed E-state index contributed by atoms with van der Waals surface area (Å²) in [6.45, 7) is 1.94. The summed E-state index contributed by atoms with van der Waals surface area (Å²) in [4.78, 5) is 13.9. The minimum atomic E-state index is 0.136. The van der Waals surface area contributed by atoms with Crippen molar-refractivity contribution in [3.05, 3.63) is 0 Å². The highest BCUT2D eigenvalue weighted by atomic mass is 16.2. The van der Waals surface area contributed by atoms with Crippen LogP contribution >= 0.6 is 0 Å². The highest BCUT2D eigenvalue weighted by Crippen LogP contribution is 2.28. The normalized spacial score (nSPS) is 24.8. The third kappa shape index (κ3) is 2.99. The Hall–Kier alpha value is -1.01. The Morgan fingerprint density at radius 1 is 1.38 bits per heavy atom. The first-order valence-electron chi connectivity index (χ1n) is 6.27. The number of carbonyl (C=O) groups excluding carboxylic acids is 1. The second-order valence-corrected chi connectivity index (χ2v) is 4.81. The SMILES string of the molecule is C#CCC(=O)N(CC1CCCCN1)C1CC1. The van der Waals surface area contributed by atoms with Crippen molar-refractivity contribution in [1.29, 1.82) is 0 Å². The fraction of sp³-hybridized carbons (Fsp3) is 0.769. The van der Waals surface area contributed by atoms with Crippen LogP contribution in [0.15, 0.2) is 0 Å². The van der Waals surface area contributed by atoms with Crippen molar-refractivity contribution >= 4 is 5.91 Å². The fourth-order valence-electron chi connectivity index (χ4n) is 2.35. The predicted octanol–water partition coefficient (Wildman–Crippen LogP) is 1.14. The molecule has 3 nitrogen and oxygen atoms in total. The highest BCUT2D eigenvalue weighted by molar-refractivity contribution is 5.79. The Bertz CT molecular complexity index is 285. The summed E-state index contributed by atoms with van der Waals surface area (Å²) < 4.78 is 0. The molecule has 1 saturated heterocycles. The minimum absolute atomic E-state index is 0.136. The van der Waals surface area contributed by atoms with Crippen LogP contribution in [0.4, 0.5) is 0 Å². The Morgan fingerprint density at radius 3 is 2.75 bits per heavy atom. The van der Waals surface area contributed by atoms with Crippen molar-refractivity contribution in [2.45, 2.75) is 50.6 Å². The van der Waals surface area contributed by atoms with Gasteiger partial charge in [0.05, 0.1) is 6.42 Å². The lowest BCUT2D eigenvalue weighted by Gasteiger charge is -2.30. The maximum atomic E-state index is 11.9. The summed E-state index contributed by atoms with van der Waals surface area (Å²) in [5.74, 6) is 2.59. The summed E-state index contributed by atoms with van der Waals surface area (Å²) in [5, 5.41) is 3.48. The molecule has 3 heteroatoms. The number of carbonyl (C=O) groups is 1. The molecule has 0 radical (unpaired) electrons. The first-order chi connectivity index (χ1) is 7.81. The van der Waals surface area contributed by atoms with Crippen molar-refractivity contribution in [1.82, 2.24) is 10.2 Å². The molecule has 1 aliphatic carbocycles. The van der Waals surface area contributed by atoms with Crippen LogP contribution in [0.25, 0.3) is 0 Å². The van der Waals surface area contributed by atoms with Gasteiger partial charge in [-0.2, -0.15) is 0 Å². The van der Waals surface area contributed by atoms with Crippen LogP contribution in [0.5, 0.6) is 0 Å². The lowest BCUT2D eigenvalue weighted by Crippen LogP contribution is -2.46. The van der Waals surface area contributed by atoms with Crippen molar-refractivity contribution in [2.75, 3.05) is 13.1 Å². The van der Waals surface area contributed by atoms with E-state index < -0.39 is 0 Å². The van der Waals surface area contributed by atoms with E-state index in [4.69, 9.17) is 6.42 Å². The number of hydrogen-bond donors (Lipinski definition) is 1. The largest absolute Gasteiger partial charge is 0.337 e. The van der Waals surface area contributed by atoms with Gasteiger partial charge in [-0.1, -0.05) is 12.3 Å². The second kappa shape index (κ2) is 5.36. The molecule has 2 fully saturated rings. The smallest absolute Gasteiger partial charge is 0.234 e. The molecule has 1 atom stereocenters. The van der Waals surface area contributed by atoms with E-state index in [1.54, 1.807) is 0 Å². The molecule has 1 saturated carbocycles. The Labute approximate surface area is 97.6 Å². The first kappa shape index (κ1) is 11.5. The first-order valence-corrected chi connectivity index (χ1v) is 6.27. The summed E-state index contributed by atoms with van der Waals surface area (Å²) in [6.07, 6.45) is 11.5. The molecule has 16 heavy (non-hydrogen) atoms. The van der Waals surface area contributed by atoms with Gasteiger partial charge in [0.1, 0.15) is 0 Å². The number of amides is 1. The van der Waals surface area contributed by atoms with Crippen LogP contribution in [0.3, 0.4) is 0 Å². The van der Waals surface area contributed by atoms with Gasteiger partial charge in [0.15, 0.2) is 0 Å². The molecule has 1 N–H and O–H groups in total. The third-order valence-electron chi connectivity index (χ3n) is 3.39. The van der Waals surface area contributed by atoms with E-state index >= 15 is 0 Å². The molecule has 1 amide bonds. The lowest BCUT2D eigenvalue weighted by molar-refractivity contribution is -0.131. The average molecular weight is 220 g/mol. The Kier molecular flexibility index (Phi) is 3.84. The Morgan fingerprint density at radius 2 is 2.19 bits per heavy atom. The zero-order chi connectivity index (χ0) is 11.4. The number of piperidine rings is 1. The zero-order valence-corrected chi connectivity index (χ0v) is 9.74. The van der Waals surface area contributed by atoms with Crippen molar-refractivity contribution in [3.8, 4) is 12.3 Å². The van der Waals surface area contributed by atoms with Crippen molar-refractivity contribution < 1.29 is 4.79 Å². The van der Waals surface area contributed by atoms with Gasteiger partial charge in [-0.3, -0.25) is 4.79 Å². The number of hydrogen-bond acceptors (Lipinski definition) is 2. The molecule has 1 heterocycles. The lowest BCUT2D eigenvalue weighted by atomic mass is 10.0. The molecule has 1 aliphatic heterocycles. The van der Waals surface area contributed by atoms with Crippen LogP contribution < -0.4 is 5.32 Å². The van der Waals surface area contributed by atoms with Crippen LogP contribution in [0, 0.1) is 12.3 Å². The van der Waals surface area contributed by atoms with E-state index in [0.29, 0.717) is 12.1 Å². The van der Waals surface area contributed by atoms with Crippen LogP contribution in [-0.2, 0) is 4.79 Å². The van der Waals surface area contributed by atoms with Gasteiger partial charge in [0.25, 0.3) is 0 Å². The summed E-state index contributed by atoms with van der Waals surface area (Å²) in [7, 11) is 0. The number of rotatable bonds is 4. The number of terminal acetylenes is 1. The van der Waals surface area contributed by atoms with Gasteiger partial charge < -0.3 is 10.2 Å². The fourth-order valence-corrected chi connectivity index (χ4v) is 2.35. The monoisotopic (exact) mass is 220 g/mol. The molecule has 0 bridgehead atoms. The van der Waals surface area contributed by atoms with Gasteiger partial charge in [-0.05, 0) is 32.2 Å². The third-order valence-corrected chi connectivity index (χ3v) is 3.39. The Balaban J connectivity index is 1.86.